The molecule has 4 rings (SSSR count). The van der Waals surface area contributed by atoms with Crippen molar-refractivity contribution in [2.45, 2.75) is 52.0 Å². The molecule has 0 spiro atoms. The van der Waals surface area contributed by atoms with Gasteiger partial charge in [-0.05, 0) is 43.3 Å². The highest BCUT2D eigenvalue weighted by Crippen LogP contribution is 2.27. The van der Waals surface area contributed by atoms with Crippen molar-refractivity contribution in [3.63, 3.8) is 0 Å². The predicted octanol–water partition coefficient (Wildman–Crippen LogP) is 4.56. The molecule has 43 heavy (non-hydrogen) atoms. The minimum Gasteiger partial charge on any atom is -0.486 e. The van der Waals surface area contributed by atoms with Crippen LogP contribution in [0.3, 0.4) is 0 Å². The number of anilines is 3. The summed E-state index contributed by atoms with van der Waals surface area (Å²) in [5, 5.41) is 9.40. The normalized spacial score (nSPS) is 15.5. The number of ether oxygens (including phenoxy) is 1. The van der Waals surface area contributed by atoms with E-state index in [2.05, 4.69) is 20.8 Å². The molecule has 14 heteroatoms. The zero-order valence-electron chi connectivity index (χ0n) is 25.3. The monoisotopic (exact) mass is 615 g/mol. The Bertz CT molecular complexity index is 1530. The summed E-state index contributed by atoms with van der Waals surface area (Å²) >= 11 is 0. The van der Waals surface area contributed by atoms with E-state index in [4.69, 9.17) is 13.5 Å². The lowest BCUT2D eigenvalue weighted by molar-refractivity contribution is -1.09. The highest BCUT2D eigenvalue weighted by atomic mass is 32.2. The first-order valence-corrected chi connectivity index (χ1v) is 15.8. The van der Waals surface area contributed by atoms with Crippen molar-refractivity contribution >= 4 is 39.2 Å². The van der Waals surface area contributed by atoms with E-state index in [0.29, 0.717) is 41.8 Å². The average Bonchev–Trinajstić information content (AvgIpc) is 3.61. The molecule has 2 aromatic heterocycles. The number of likely N-dealkylation sites (tertiary alicyclic amines) is 1. The van der Waals surface area contributed by atoms with E-state index < -0.39 is 22.1 Å². The molecule has 3 aromatic rings. The predicted molar refractivity (Wildman–Crippen MR) is 161 cm³/mol. The Balaban J connectivity index is 1.29. The number of carbonyl (C=O) groups excluding carboxylic acids is 2. The summed E-state index contributed by atoms with van der Waals surface area (Å²) in [6, 6.07) is 11.0. The fraction of sp³-hybridized carbons (Fsp3) is 0.448. The van der Waals surface area contributed by atoms with Crippen molar-refractivity contribution in [3.05, 3.63) is 60.1 Å². The molecule has 0 aliphatic carbocycles. The summed E-state index contributed by atoms with van der Waals surface area (Å²) < 4.78 is 40.2. The number of hydroxylamine groups is 3. The largest absolute Gasteiger partial charge is 0.486 e. The van der Waals surface area contributed by atoms with Crippen molar-refractivity contribution in [2.24, 2.45) is 0 Å². The number of quaternary nitrogens is 1. The number of hydrogen-bond acceptors (Lipinski definition) is 9. The second kappa shape index (κ2) is 12.7. The van der Waals surface area contributed by atoms with E-state index in [1.807, 2.05) is 27.7 Å². The molecule has 0 bridgehead atoms. The van der Waals surface area contributed by atoms with E-state index in [-0.39, 0.29) is 28.4 Å². The second-order valence-electron chi connectivity index (χ2n) is 11.7. The fourth-order valence-electron chi connectivity index (χ4n) is 4.64. The summed E-state index contributed by atoms with van der Waals surface area (Å²) in [5.41, 5.74) is 1.08. The molecule has 2 N–H and O–H groups in total. The molecule has 3 amide bonds. The lowest BCUT2D eigenvalue weighted by Crippen LogP contribution is -2.55. The van der Waals surface area contributed by atoms with Crippen LogP contribution < -0.4 is 20.3 Å². The highest BCUT2D eigenvalue weighted by Gasteiger charge is 2.43. The number of nitrogens with one attached hydrogen (secondary N) is 2. The molecule has 13 nitrogen and oxygen atoms in total. The SMILES string of the molecule is CC(COc1ccc(C(=O)Nc2ccc(N(C)C(=O)Nc3cc(C(C)(C)C)on3)cc2)nc1)[N+]1(OS(C)(=O)=O)CCCC1. The van der Waals surface area contributed by atoms with Crippen LogP contribution in [0.4, 0.5) is 22.0 Å². The second-order valence-corrected chi connectivity index (χ2v) is 13.3. The Morgan fingerprint density at radius 1 is 1.09 bits per heavy atom. The van der Waals surface area contributed by atoms with Crippen molar-refractivity contribution in [1.29, 1.82) is 0 Å². The Morgan fingerprint density at radius 2 is 1.77 bits per heavy atom. The van der Waals surface area contributed by atoms with Gasteiger partial charge in [-0.1, -0.05) is 30.2 Å². The molecule has 1 aliphatic heterocycles. The Labute approximate surface area is 251 Å². The number of urea groups is 1. The average molecular weight is 616 g/mol. The van der Waals surface area contributed by atoms with Crippen LogP contribution in [0.15, 0.2) is 53.2 Å². The third-order valence-electron chi connectivity index (χ3n) is 7.17. The molecule has 0 radical (unpaired) electrons. The minimum atomic E-state index is -3.63. The minimum absolute atomic E-state index is 0.00584. The molecule has 1 atom stereocenters. The maximum Gasteiger partial charge on any atom is 0.327 e. The number of rotatable bonds is 10. The number of aromatic nitrogens is 2. The topological polar surface area (TPSA) is 153 Å². The molecule has 1 unspecified atom stereocenters. The quantitative estimate of drug-likeness (QED) is 0.313. The van der Waals surface area contributed by atoms with E-state index >= 15 is 0 Å². The Morgan fingerprint density at radius 3 is 2.33 bits per heavy atom. The zero-order valence-corrected chi connectivity index (χ0v) is 26.1. The van der Waals surface area contributed by atoms with Crippen LogP contribution in [0, 0.1) is 0 Å². The number of benzene rings is 1. The van der Waals surface area contributed by atoms with Gasteiger partial charge in [0.25, 0.3) is 5.91 Å². The van der Waals surface area contributed by atoms with Gasteiger partial charge in [0.2, 0.25) is 0 Å². The summed E-state index contributed by atoms with van der Waals surface area (Å²) in [4.78, 5) is 31.1. The van der Waals surface area contributed by atoms with Crippen LogP contribution in [0.2, 0.25) is 0 Å². The van der Waals surface area contributed by atoms with Gasteiger partial charge in [-0.3, -0.25) is 15.0 Å². The summed E-state index contributed by atoms with van der Waals surface area (Å²) in [7, 11) is -2.01. The van der Waals surface area contributed by atoms with Gasteiger partial charge in [0.15, 0.2) is 11.9 Å². The van der Waals surface area contributed by atoms with Crippen LogP contribution in [-0.4, -0.2) is 74.2 Å². The molecule has 1 fully saturated rings. The summed E-state index contributed by atoms with van der Waals surface area (Å²) in [6.45, 7) is 9.27. The lowest BCUT2D eigenvalue weighted by Gasteiger charge is -2.34. The van der Waals surface area contributed by atoms with Gasteiger partial charge < -0.3 is 14.6 Å². The van der Waals surface area contributed by atoms with Crippen LogP contribution in [0.5, 0.6) is 5.75 Å². The maximum absolute atomic E-state index is 12.8. The van der Waals surface area contributed by atoms with E-state index in [0.717, 1.165) is 19.1 Å². The van der Waals surface area contributed by atoms with Gasteiger partial charge in [0, 0.05) is 42.7 Å². The zero-order chi connectivity index (χ0) is 31.4. The molecule has 0 saturated carbocycles. The first-order valence-electron chi connectivity index (χ1n) is 14.0. The number of hydrogen-bond donors (Lipinski definition) is 2. The molecule has 3 heterocycles. The van der Waals surface area contributed by atoms with Crippen LogP contribution in [0.1, 0.15) is 56.8 Å². The first kappa shape index (κ1) is 31.9. The third kappa shape index (κ3) is 8.30. The van der Waals surface area contributed by atoms with Gasteiger partial charge in [-0.25, -0.2) is 9.78 Å². The van der Waals surface area contributed by atoms with E-state index in [9.17, 15) is 18.0 Å². The molecule has 232 valence electrons. The van der Waals surface area contributed by atoms with E-state index in [1.54, 1.807) is 49.5 Å². The van der Waals surface area contributed by atoms with Gasteiger partial charge in [-0.15, -0.1) is 0 Å². The smallest absolute Gasteiger partial charge is 0.327 e. The summed E-state index contributed by atoms with van der Waals surface area (Å²) in [5.74, 6) is 1.01. The van der Waals surface area contributed by atoms with Crippen molar-refractivity contribution in [1.82, 2.24) is 10.1 Å². The molecular formula is C29H39N6O7S+. The Hall–Kier alpha value is -4.01. The third-order valence-corrected chi connectivity index (χ3v) is 7.74. The van der Waals surface area contributed by atoms with Crippen LogP contribution in [-0.2, 0) is 19.8 Å². The van der Waals surface area contributed by atoms with Crippen molar-refractivity contribution in [2.75, 3.05) is 48.5 Å². The molecule has 1 aromatic carbocycles. The number of nitrogens with zero attached hydrogens (tertiary/aromatic N) is 4. The van der Waals surface area contributed by atoms with Gasteiger partial charge in [0.05, 0.1) is 12.5 Å². The highest BCUT2D eigenvalue weighted by molar-refractivity contribution is 7.85. The van der Waals surface area contributed by atoms with E-state index in [1.165, 1.54) is 11.1 Å². The van der Waals surface area contributed by atoms with Gasteiger partial charge >= 0.3 is 16.1 Å². The Kier molecular flexibility index (Phi) is 9.42. The lowest BCUT2D eigenvalue weighted by atomic mass is 9.93. The molecule has 1 saturated heterocycles. The number of carbonyl (C=O) groups is 2. The van der Waals surface area contributed by atoms with Crippen molar-refractivity contribution < 1.29 is 36.2 Å². The molecular weight excluding hydrogens is 576 g/mol. The van der Waals surface area contributed by atoms with Crippen LogP contribution in [0.25, 0.3) is 0 Å². The number of pyridine rings is 1. The van der Waals surface area contributed by atoms with Gasteiger partial charge in [0.1, 0.15) is 36.9 Å². The maximum atomic E-state index is 12.8. The standard InChI is InChI=1S/C29H38N6O7S/c1-20(35(15-7-8-16-35)42-43(6,38)39)19-40-23-13-14-24(30-18-23)27(36)31-21-9-11-22(12-10-21)34(5)28(37)32-26-17-25(41-33-26)29(2,3)4/h9-14,17-18,20H,7-8,15-16,19H2,1-6H3,(H-,31,32,33,36,37)/p+1. The first-order chi connectivity index (χ1) is 20.1. The molecule has 1 aliphatic rings. The van der Waals surface area contributed by atoms with Crippen molar-refractivity contribution in [3.8, 4) is 5.75 Å². The number of amides is 3. The van der Waals surface area contributed by atoms with Gasteiger partial charge in [-0.2, -0.15) is 13.1 Å². The van der Waals surface area contributed by atoms with Crippen LogP contribution >= 0.6 is 0 Å². The summed E-state index contributed by atoms with van der Waals surface area (Å²) in [6.07, 6.45) is 4.26. The fourth-order valence-corrected chi connectivity index (χ4v) is 5.48.